The van der Waals surface area contributed by atoms with Crippen molar-refractivity contribution in [3.8, 4) is 5.75 Å². The highest BCUT2D eigenvalue weighted by molar-refractivity contribution is 7.98. The number of aromatic nitrogens is 1. The predicted molar refractivity (Wildman–Crippen MR) is 70.2 cm³/mol. The third-order valence-electron chi connectivity index (χ3n) is 2.55. The molecule has 0 spiro atoms. The zero-order chi connectivity index (χ0) is 12.1. The molecule has 0 saturated carbocycles. The van der Waals surface area contributed by atoms with Gasteiger partial charge in [0.25, 0.3) is 0 Å². The lowest BCUT2D eigenvalue weighted by atomic mass is 10.2. The summed E-state index contributed by atoms with van der Waals surface area (Å²) in [6.45, 7) is 0. The monoisotopic (exact) mass is 246 g/mol. The van der Waals surface area contributed by atoms with Crippen LogP contribution in [0.15, 0.2) is 53.7 Å². The van der Waals surface area contributed by atoms with Crippen molar-refractivity contribution >= 4 is 11.8 Å². The summed E-state index contributed by atoms with van der Waals surface area (Å²) in [5, 5.41) is 1.27. The van der Waals surface area contributed by atoms with Gasteiger partial charge in [-0.15, -0.1) is 0 Å². The molecule has 1 heterocycles. The van der Waals surface area contributed by atoms with E-state index < -0.39 is 0 Å². The lowest BCUT2D eigenvalue weighted by Crippen LogP contribution is -2.29. The molecule has 2 aromatic rings. The summed E-state index contributed by atoms with van der Waals surface area (Å²) in [4.78, 5) is 0. The smallest absolute Gasteiger partial charge is 0.240 e. The van der Waals surface area contributed by atoms with Crippen LogP contribution in [0.4, 0.5) is 0 Å². The van der Waals surface area contributed by atoms with Crippen LogP contribution in [0.25, 0.3) is 0 Å². The minimum Gasteiger partial charge on any atom is -0.497 e. The second kappa shape index (κ2) is 5.73. The largest absolute Gasteiger partial charge is 0.497 e. The van der Waals surface area contributed by atoms with Crippen LogP contribution < -0.4 is 9.30 Å². The molecule has 1 aromatic heterocycles. The summed E-state index contributed by atoms with van der Waals surface area (Å²) in [5.74, 6) is 1.88. The number of thioether (sulfide) groups is 1. The first-order chi connectivity index (χ1) is 8.29. The molecule has 0 saturated heterocycles. The van der Waals surface area contributed by atoms with Crippen molar-refractivity contribution in [2.24, 2.45) is 7.05 Å². The summed E-state index contributed by atoms with van der Waals surface area (Å²) in [6, 6.07) is 14.5. The van der Waals surface area contributed by atoms with E-state index >= 15 is 0 Å². The Labute approximate surface area is 106 Å². The molecule has 0 aliphatic carbocycles. The van der Waals surface area contributed by atoms with E-state index in [0.29, 0.717) is 0 Å². The van der Waals surface area contributed by atoms with Crippen molar-refractivity contribution in [3.05, 3.63) is 54.2 Å². The van der Waals surface area contributed by atoms with Gasteiger partial charge in [-0.25, -0.2) is 0 Å². The second-order valence-electron chi connectivity index (χ2n) is 3.79. The molecule has 88 valence electrons. The fourth-order valence-corrected chi connectivity index (χ4v) is 2.48. The van der Waals surface area contributed by atoms with E-state index in [1.165, 1.54) is 10.6 Å². The van der Waals surface area contributed by atoms with Gasteiger partial charge < -0.3 is 4.74 Å². The Balaban J connectivity index is 2.00. The van der Waals surface area contributed by atoms with Gasteiger partial charge in [-0.1, -0.05) is 23.9 Å². The number of nitrogens with zero attached hydrogens (tertiary/aromatic N) is 1. The molecule has 0 fully saturated rings. The molecule has 0 radical (unpaired) electrons. The van der Waals surface area contributed by atoms with Gasteiger partial charge in [-0.2, -0.15) is 4.57 Å². The standard InChI is InChI=1S/C14H16NOS/c1-15-10-4-3-5-14(15)17-11-12-6-8-13(16-2)9-7-12/h3-10H,11H2,1-2H3/q+1. The quantitative estimate of drug-likeness (QED) is 0.608. The number of hydrogen-bond acceptors (Lipinski definition) is 2. The number of benzene rings is 1. The molecule has 0 aliphatic rings. The van der Waals surface area contributed by atoms with E-state index in [4.69, 9.17) is 4.74 Å². The molecule has 2 nitrogen and oxygen atoms in total. The summed E-state index contributed by atoms with van der Waals surface area (Å²) in [7, 11) is 3.75. The van der Waals surface area contributed by atoms with E-state index in [1.807, 2.05) is 30.0 Å². The van der Waals surface area contributed by atoms with Gasteiger partial charge in [0, 0.05) is 17.9 Å². The van der Waals surface area contributed by atoms with Crippen LogP contribution in [0.1, 0.15) is 5.56 Å². The van der Waals surface area contributed by atoms with Gasteiger partial charge in [0.05, 0.1) is 7.11 Å². The highest BCUT2D eigenvalue weighted by Crippen LogP contribution is 2.20. The third kappa shape index (κ3) is 3.24. The van der Waals surface area contributed by atoms with Gasteiger partial charge in [-0.05, 0) is 23.8 Å². The maximum absolute atomic E-state index is 5.14. The van der Waals surface area contributed by atoms with Crippen LogP contribution in [0.2, 0.25) is 0 Å². The van der Waals surface area contributed by atoms with Gasteiger partial charge >= 0.3 is 0 Å². The molecule has 0 amide bonds. The number of methoxy groups -OCH3 is 1. The van der Waals surface area contributed by atoms with Crippen molar-refractivity contribution < 1.29 is 9.30 Å². The van der Waals surface area contributed by atoms with Crippen LogP contribution in [-0.4, -0.2) is 7.11 Å². The Morgan fingerprint density at radius 3 is 2.53 bits per heavy atom. The Bertz CT molecular complexity index is 482. The summed E-state index contributed by atoms with van der Waals surface area (Å²) >= 11 is 1.84. The minimum atomic E-state index is 0.906. The van der Waals surface area contributed by atoms with E-state index in [2.05, 4.69) is 42.1 Å². The number of ether oxygens (including phenoxy) is 1. The minimum absolute atomic E-state index is 0.906. The second-order valence-corrected chi connectivity index (χ2v) is 4.78. The number of rotatable bonds is 4. The zero-order valence-corrected chi connectivity index (χ0v) is 10.9. The Morgan fingerprint density at radius 1 is 1.12 bits per heavy atom. The van der Waals surface area contributed by atoms with Crippen molar-refractivity contribution in [2.45, 2.75) is 10.8 Å². The van der Waals surface area contributed by atoms with Crippen LogP contribution in [0.5, 0.6) is 5.75 Å². The van der Waals surface area contributed by atoms with E-state index in [1.54, 1.807) is 7.11 Å². The van der Waals surface area contributed by atoms with Crippen LogP contribution >= 0.6 is 11.8 Å². The molecule has 17 heavy (non-hydrogen) atoms. The lowest BCUT2D eigenvalue weighted by Gasteiger charge is -2.02. The van der Waals surface area contributed by atoms with Crippen molar-refractivity contribution in [3.63, 3.8) is 0 Å². The van der Waals surface area contributed by atoms with Crippen molar-refractivity contribution in [1.29, 1.82) is 0 Å². The molecule has 0 unspecified atom stereocenters. The fourth-order valence-electron chi connectivity index (χ4n) is 1.54. The fraction of sp³-hybridized carbons (Fsp3) is 0.214. The molecular formula is C14H16NOS+. The normalized spacial score (nSPS) is 10.2. The maximum Gasteiger partial charge on any atom is 0.240 e. The molecule has 0 atom stereocenters. The third-order valence-corrected chi connectivity index (χ3v) is 3.75. The molecule has 2 rings (SSSR count). The van der Waals surface area contributed by atoms with Crippen molar-refractivity contribution in [2.75, 3.05) is 7.11 Å². The summed E-state index contributed by atoms with van der Waals surface area (Å²) < 4.78 is 7.27. The number of hydrogen-bond donors (Lipinski definition) is 0. The SMILES string of the molecule is COc1ccc(CSc2cccc[n+]2C)cc1. The zero-order valence-electron chi connectivity index (χ0n) is 10.1. The van der Waals surface area contributed by atoms with Gasteiger partial charge in [-0.3, -0.25) is 0 Å². The molecule has 0 aliphatic heterocycles. The molecule has 1 aromatic carbocycles. The van der Waals surface area contributed by atoms with Crippen LogP contribution in [-0.2, 0) is 12.8 Å². The first-order valence-corrected chi connectivity index (χ1v) is 6.48. The van der Waals surface area contributed by atoms with E-state index in [-0.39, 0.29) is 0 Å². The highest BCUT2D eigenvalue weighted by atomic mass is 32.2. The maximum atomic E-state index is 5.14. The van der Waals surface area contributed by atoms with E-state index in [9.17, 15) is 0 Å². The van der Waals surface area contributed by atoms with Gasteiger partial charge in [0.2, 0.25) is 5.03 Å². The predicted octanol–water partition coefficient (Wildman–Crippen LogP) is 2.81. The number of aryl methyl sites for hydroxylation is 1. The summed E-state index contributed by atoms with van der Waals surface area (Å²) in [5.41, 5.74) is 1.31. The first kappa shape index (κ1) is 12.0. The molecule has 0 bridgehead atoms. The molecule has 0 N–H and O–H groups in total. The highest BCUT2D eigenvalue weighted by Gasteiger charge is 2.05. The lowest BCUT2D eigenvalue weighted by molar-refractivity contribution is -0.708. The van der Waals surface area contributed by atoms with Gasteiger partial charge in [0.15, 0.2) is 6.20 Å². The Morgan fingerprint density at radius 2 is 1.88 bits per heavy atom. The van der Waals surface area contributed by atoms with Crippen LogP contribution in [0, 0.1) is 0 Å². The van der Waals surface area contributed by atoms with Crippen molar-refractivity contribution in [1.82, 2.24) is 0 Å². The van der Waals surface area contributed by atoms with E-state index in [0.717, 1.165) is 11.5 Å². The Kier molecular flexibility index (Phi) is 4.04. The molecular weight excluding hydrogens is 230 g/mol. The summed E-state index contributed by atoms with van der Waals surface area (Å²) in [6.07, 6.45) is 2.07. The van der Waals surface area contributed by atoms with Gasteiger partial charge in [0.1, 0.15) is 12.8 Å². The molecule has 3 heteroatoms. The topological polar surface area (TPSA) is 13.1 Å². The van der Waals surface area contributed by atoms with Crippen LogP contribution in [0.3, 0.4) is 0 Å². The average Bonchev–Trinajstić information content (AvgIpc) is 2.38. The Hall–Kier alpha value is -1.48. The first-order valence-electron chi connectivity index (χ1n) is 5.50. The average molecular weight is 246 g/mol. The number of pyridine rings is 1.